The Balaban J connectivity index is 1.51. The molecule has 10 heteroatoms. The first kappa shape index (κ1) is 22.3. The van der Waals surface area contributed by atoms with E-state index in [1.54, 1.807) is 35.9 Å². The Morgan fingerprint density at radius 2 is 1.90 bits per heavy atom. The van der Waals surface area contributed by atoms with Crippen LogP contribution in [0.25, 0.3) is 0 Å². The first-order valence-electron chi connectivity index (χ1n) is 9.77. The predicted octanol–water partition coefficient (Wildman–Crippen LogP) is 2.92. The predicted molar refractivity (Wildman–Crippen MR) is 114 cm³/mol. The van der Waals surface area contributed by atoms with Crippen LogP contribution in [0.5, 0.6) is 0 Å². The zero-order valence-corrected chi connectivity index (χ0v) is 18.1. The van der Waals surface area contributed by atoms with Gasteiger partial charge in [0.05, 0.1) is 31.2 Å². The zero-order valence-electron chi connectivity index (χ0n) is 17.3. The van der Waals surface area contributed by atoms with Gasteiger partial charge in [-0.2, -0.15) is 0 Å². The third kappa shape index (κ3) is 6.82. The van der Waals surface area contributed by atoms with Gasteiger partial charge in [-0.1, -0.05) is 13.8 Å². The maximum absolute atomic E-state index is 12.6. The lowest BCUT2D eigenvalue weighted by molar-refractivity contribution is -0.120. The molecule has 0 saturated heterocycles. The van der Waals surface area contributed by atoms with Crippen LogP contribution in [0.2, 0.25) is 0 Å². The summed E-state index contributed by atoms with van der Waals surface area (Å²) in [4.78, 5) is 42.8. The van der Waals surface area contributed by atoms with Crippen molar-refractivity contribution in [1.82, 2.24) is 15.2 Å². The molecular weight excluding hydrogens is 420 g/mol. The fraction of sp³-hybridized carbons (Fsp3) is 0.333. The SMILES string of the molecule is CC(C)CN(CC(=O)Nc1nc(CC(=O)NCc2ccco2)cs1)C(=O)c1ccco1. The van der Waals surface area contributed by atoms with E-state index in [0.29, 0.717) is 29.7 Å². The highest BCUT2D eigenvalue weighted by molar-refractivity contribution is 7.13. The summed E-state index contributed by atoms with van der Waals surface area (Å²) in [6, 6.07) is 6.72. The Labute approximate surface area is 183 Å². The minimum Gasteiger partial charge on any atom is -0.467 e. The fourth-order valence-electron chi connectivity index (χ4n) is 2.82. The number of rotatable bonds is 10. The van der Waals surface area contributed by atoms with Crippen LogP contribution < -0.4 is 10.6 Å². The summed E-state index contributed by atoms with van der Waals surface area (Å²) in [7, 11) is 0. The van der Waals surface area contributed by atoms with Crippen molar-refractivity contribution in [3.8, 4) is 0 Å². The number of amides is 3. The van der Waals surface area contributed by atoms with Gasteiger partial charge < -0.3 is 24.4 Å². The largest absolute Gasteiger partial charge is 0.467 e. The standard InChI is InChI=1S/C21H24N4O5S/c1-14(2)11-25(20(28)17-6-4-8-30-17)12-19(27)24-21-23-15(13-31-21)9-18(26)22-10-16-5-3-7-29-16/h3-8,13-14H,9-12H2,1-2H3,(H,22,26)(H,23,24,27). The number of carbonyl (C=O) groups excluding carboxylic acids is 3. The molecule has 0 bridgehead atoms. The number of carbonyl (C=O) groups is 3. The Kier molecular flexibility index (Phi) is 7.60. The zero-order chi connectivity index (χ0) is 22.2. The van der Waals surface area contributed by atoms with Crippen molar-refractivity contribution >= 4 is 34.2 Å². The molecule has 164 valence electrons. The van der Waals surface area contributed by atoms with Crippen molar-refractivity contribution in [3.63, 3.8) is 0 Å². The average Bonchev–Trinajstić information content (AvgIpc) is 3.48. The summed E-state index contributed by atoms with van der Waals surface area (Å²) in [5.74, 6) is 0.107. The summed E-state index contributed by atoms with van der Waals surface area (Å²) in [5, 5.41) is 7.52. The van der Waals surface area contributed by atoms with Gasteiger partial charge >= 0.3 is 0 Å². The van der Waals surface area contributed by atoms with E-state index in [1.165, 1.54) is 22.5 Å². The number of aromatic nitrogens is 1. The van der Waals surface area contributed by atoms with Crippen LogP contribution in [0.4, 0.5) is 5.13 Å². The third-order valence-corrected chi connectivity index (χ3v) is 4.93. The summed E-state index contributed by atoms with van der Waals surface area (Å²) in [6.07, 6.45) is 3.05. The first-order chi connectivity index (χ1) is 14.9. The molecule has 0 aliphatic rings. The molecule has 0 fully saturated rings. The molecule has 0 atom stereocenters. The van der Waals surface area contributed by atoms with Gasteiger partial charge in [0.25, 0.3) is 5.91 Å². The lowest BCUT2D eigenvalue weighted by Crippen LogP contribution is -2.40. The molecule has 31 heavy (non-hydrogen) atoms. The molecule has 0 spiro atoms. The van der Waals surface area contributed by atoms with Crippen molar-refractivity contribution < 1.29 is 23.2 Å². The topological polar surface area (TPSA) is 118 Å². The van der Waals surface area contributed by atoms with E-state index in [2.05, 4.69) is 15.6 Å². The van der Waals surface area contributed by atoms with Gasteiger partial charge in [-0.25, -0.2) is 4.98 Å². The highest BCUT2D eigenvalue weighted by Crippen LogP contribution is 2.16. The smallest absolute Gasteiger partial charge is 0.290 e. The Morgan fingerprint density at radius 1 is 1.13 bits per heavy atom. The highest BCUT2D eigenvalue weighted by atomic mass is 32.1. The van der Waals surface area contributed by atoms with Crippen LogP contribution in [-0.4, -0.2) is 40.7 Å². The first-order valence-corrected chi connectivity index (χ1v) is 10.6. The Morgan fingerprint density at radius 3 is 2.58 bits per heavy atom. The van der Waals surface area contributed by atoms with Crippen LogP contribution in [0.3, 0.4) is 0 Å². The number of thiazole rings is 1. The quantitative estimate of drug-likeness (QED) is 0.496. The molecule has 3 aromatic heterocycles. The van der Waals surface area contributed by atoms with Gasteiger partial charge in [0.1, 0.15) is 12.3 Å². The summed E-state index contributed by atoms with van der Waals surface area (Å²) >= 11 is 1.22. The van der Waals surface area contributed by atoms with E-state index >= 15 is 0 Å². The molecule has 3 rings (SSSR count). The molecule has 0 aliphatic carbocycles. The van der Waals surface area contributed by atoms with E-state index in [-0.39, 0.29) is 42.4 Å². The van der Waals surface area contributed by atoms with Crippen LogP contribution in [-0.2, 0) is 22.6 Å². The van der Waals surface area contributed by atoms with Gasteiger partial charge in [-0.05, 0) is 30.2 Å². The van der Waals surface area contributed by atoms with Crippen LogP contribution in [0, 0.1) is 5.92 Å². The van der Waals surface area contributed by atoms with Crippen molar-refractivity contribution in [2.45, 2.75) is 26.8 Å². The van der Waals surface area contributed by atoms with Gasteiger partial charge in [-0.15, -0.1) is 11.3 Å². The molecule has 0 radical (unpaired) electrons. The van der Waals surface area contributed by atoms with Crippen molar-refractivity contribution in [1.29, 1.82) is 0 Å². The number of hydrogen-bond acceptors (Lipinski definition) is 7. The monoisotopic (exact) mass is 444 g/mol. The van der Waals surface area contributed by atoms with E-state index in [9.17, 15) is 14.4 Å². The third-order valence-electron chi connectivity index (χ3n) is 4.12. The van der Waals surface area contributed by atoms with E-state index in [0.717, 1.165) is 0 Å². The molecule has 0 unspecified atom stereocenters. The van der Waals surface area contributed by atoms with Crippen LogP contribution in [0.15, 0.2) is 51.0 Å². The second kappa shape index (κ2) is 10.6. The van der Waals surface area contributed by atoms with Crippen molar-refractivity contribution in [2.24, 2.45) is 5.92 Å². The van der Waals surface area contributed by atoms with Gasteiger partial charge in [0, 0.05) is 11.9 Å². The van der Waals surface area contributed by atoms with Crippen LogP contribution in [0.1, 0.15) is 35.9 Å². The summed E-state index contributed by atoms with van der Waals surface area (Å²) in [5.41, 5.74) is 0.544. The molecule has 9 nitrogen and oxygen atoms in total. The fourth-order valence-corrected chi connectivity index (χ4v) is 3.55. The number of nitrogens with zero attached hydrogens (tertiary/aromatic N) is 2. The Bertz CT molecular complexity index is 995. The average molecular weight is 445 g/mol. The van der Waals surface area contributed by atoms with Crippen LogP contribution >= 0.6 is 11.3 Å². The molecule has 0 aromatic carbocycles. The normalized spacial score (nSPS) is 10.8. The maximum atomic E-state index is 12.6. The second-order valence-corrected chi connectivity index (χ2v) is 8.14. The van der Waals surface area contributed by atoms with Gasteiger partial charge in [0.15, 0.2) is 10.9 Å². The molecule has 3 heterocycles. The van der Waals surface area contributed by atoms with Gasteiger partial charge in [0.2, 0.25) is 11.8 Å². The number of nitrogens with one attached hydrogen (secondary N) is 2. The maximum Gasteiger partial charge on any atom is 0.290 e. The van der Waals surface area contributed by atoms with Gasteiger partial charge in [-0.3, -0.25) is 14.4 Å². The van der Waals surface area contributed by atoms with E-state index in [1.807, 2.05) is 13.8 Å². The highest BCUT2D eigenvalue weighted by Gasteiger charge is 2.22. The number of anilines is 1. The Hall–Kier alpha value is -3.40. The van der Waals surface area contributed by atoms with Crippen molar-refractivity contribution in [2.75, 3.05) is 18.4 Å². The number of furan rings is 2. The van der Waals surface area contributed by atoms with Crippen molar-refractivity contribution in [3.05, 3.63) is 59.4 Å². The minimum atomic E-state index is -0.372. The molecule has 2 N–H and O–H groups in total. The molecule has 0 aliphatic heterocycles. The second-order valence-electron chi connectivity index (χ2n) is 7.28. The summed E-state index contributed by atoms with van der Waals surface area (Å²) < 4.78 is 10.3. The lowest BCUT2D eigenvalue weighted by Gasteiger charge is -2.22. The molecular formula is C21H24N4O5S. The van der Waals surface area contributed by atoms with E-state index < -0.39 is 0 Å². The molecule has 0 saturated carbocycles. The molecule has 3 amide bonds. The summed E-state index contributed by atoms with van der Waals surface area (Å²) in [6.45, 7) is 4.51. The van der Waals surface area contributed by atoms with E-state index in [4.69, 9.17) is 8.83 Å². The number of hydrogen-bond donors (Lipinski definition) is 2. The lowest BCUT2D eigenvalue weighted by atomic mass is 10.2. The minimum absolute atomic E-state index is 0.0868. The molecule has 3 aromatic rings.